The highest BCUT2D eigenvalue weighted by atomic mass is 16.8. The number of hydrogen-bond acceptors (Lipinski definition) is 49. The first-order valence-corrected chi connectivity index (χ1v) is 37.0. The molecule has 14 bridgehead atoms. The van der Waals surface area contributed by atoms with Crippen molar-refractivity contribution in [3.8, 4) is 0 Å². The second-order valence-electron chi connectivity index (χ2n) is 28.7. The van der Waals surface area contributed by atoms with Crippen molar-refractivity contribution >= 4 is 0 Å². The largest absolute Gasteiger partial charge is 0.395 e. The monoisotopic (exact) mass is 1650 g/mol. The summed E-state index contributed by atoms with van der Waals surface area (Å²) in [5.74, 6) is 0. The summed E-state index contributed by atoms with van der Waals surface area (Å²) in [7, 11) is 0. The van der Waals surface area contributed by atoms with Gasteiger partial charge in [-0.15, -0.1) is 0 Å². The quantitative estimate of drug-likeness (QED) is 0.0280. The zero-order valence-corrected chi connectivity index (χ0v) is 60.8. The van der Waals surface area contributed by atoms with Crippen LogP contribution in [-0.2, 0) is 66.3 Å². The standard InChI is InChI=1S/C63H119N7O42/c71-8-22(9-72)64-1-29-50-36(85)43(92)57(99-29)107-51-30(2-65-23(10-73)11-74)101-59(45(94)38(51)87)109-53-32(4-67-25(14-77)15-78)103-61(47(96)40(53)89)111-55-34(6-69-27(18-81)19-82)105-63(49(98)42(55)91)112-56-35(7-70-28(20-83)21-84)104-62(48(97)41(56)90)110-54-33(5-68-26(16-79)17-80)102-60(46(95)39(54)88)108-52-31(3-66-24(12-75)13-76)100-58(106-50)44(93)37(52)86/h22-98H,1-21H2/t29-,30-,31-,32-,33-,34-,35+,36-,37-,38-,39-,40+,41-,42-,43+,44-,45+,46-,47+,48-,49-,50-,51-,52-,53-,54-,55-,56-,57-,58-,59-,60-,61-,62-,63-/m1/s1. The number of aliphatic hydroxyl groups is 28. The molecule has 112 heavy (non-hydrogen) atoms. The topological polar surface area (TPSA) is 780 Å². The fourth-order valence-electron chi connectivity index (χ4n) is 13.8. The maximum Gasteiger partial charge on any atom is 0.187 e. The molecule has 21 heterocycles. The van der Waals surface area contributed by atoms with E-state index in [0.717, 1.165) is 0 Å². The molecule has 0 aliphatic carbocycles. The number of ether oxygens (including phenoxy) is 14. The van der Waals surface area contributed by atoms with E-state index < -0.39 is 396 Å². The zero-order chi connectivity index (χ0) is 81.9. The fraction of sp³-hybridized carbons (Fsp3) is 1.00. The Labute approximate surface area is 640 Å². The summed E-state index contributed by atoms with van der Waals surface area (Å²) in [5.41, 5.74) is 0. The molecule has 658 valence electrons. The molecule has 0 aromatic heterocycles. The molecule has 49 nitrogen and oxygen atoms in total. The van der Waals surface area contributed by atoms with E-state index in [1.165, 1.54) is 0 Å². The number of nitrogens with one attached hydrogen (secondary N) is 7. The highest BCUT2D eigenvalue weighted by molar-refractivity contribution is 5.04. The van der Waals surface area contributed by atoms with E-state index in [-0.39, 0.29) is 0 Å². The Morgan fingerprint density at radius 1 is 0.152 bits per heavy atom. The molecular weight excluding hydrogens is 1530 g/mol. The van der Waals surface area contributed by atoms with Gasteiger partial charge in [0.1, 0.15) is 171 Å². The van der Waals surface area contributed by atoms with Gasteiger partial charge in [0.2, 0.25) is 0 Å². The van der Waals surface area contributed by atoms with Gasteiger partial charge in [-0.05, 0) is 0 Å². The molecule has 49 heteroatoms. The Kier molecular flexibility index (Phi) is 39.4. The van der Waals surface area contributed by atoms with Gasteiger partial charge in [0.15, 0.2) is 44.0 Å². The third kappa shape index (κ3) is 23.6. The van der Waals surface area contributed by atoms with Crippen LogP contribution in [0.1, 0.15) is 0 Å². The Hall–Kier alpha value is -1.96. The van der Waals surface area contributed by atoms with Gasteiger partial charge < -0.3 is 247 Å². The summed E-state index contributed by atoms with van der Waals surface area (Å²) in [5, 5.41) is 331. The third-order valence-electron chi connectivity index (χ3n) is 20.9. The van der Waals surface area contributed by atoms with Crippen LogP contribution in [0.2, 0.25) is 0 Å². The zero-order valence-electron chi connectivity index (χ0n) is 60.8. The Morgan fingerprint density at radius 2 is 0.250 bits per heavy atom. The normalized spacial score (nSPS) is 42.2. The molecule has 0 amide bonds. The van der Waals surface area contributed by atoms with Gasteiger partial charge in [-0.1, -0.05) is 0 Å². The Morgan fingerprint density at radius 3 is 0.339 bits per heavy atom. The average Bonchev–Trinajstić information content (AvgIpc) is 0.778. The predicted octanol–water partition coefficient (Wildman–Crippen LogP) is -22.6. The van der Waals surface area contributed by atoms with E-state index in [0.29, 0.717) is 0 Å². The van der Waals surface area contributed by atoms with Gasteiger partial charge in [0.05, 0.1) is 135 Å². The van der Waals surface area contributed by atoms with Gasteiger partial charge in [0, 0.05) is 45.8 Å². The lowest BCUT2D eigenvalue weighted by molar-refractivity contribution is -0.392. The number of hydrogen-bond donors (Lipinski definition) is 35. The van der Waals surface area contributed by atoms with Crippen molar-refractivity contribution in [2.75, 3.05) is 138 Å². The van der Waals surface area contributed by atoms with E-state index in [9.17, 15) is 143 Å². The minimum atomic E-state index is -2.34. The first kappa shape index (κ1) is 95.5. The lowest BCUT2D eigenvalue weighted by Gasteiger charge is -2.50. The summed E-state index contributed by atoms with van der Waals surface area (Å²) in [6.07, 6.45) is -73.4. The SMILES string of the molecule is OCC(CO)NC[C@@H]1O[C@@H]2O[C@H]3[C@H](O)[C@@H](O)[C@@H](O[C@H]4[C@H](O)[C@@H](O)[C@@H](O[C@H]5[C@H](O)[C@H](O)[C@@H](O[C@H]6[C@H](O)[C@H](O)[C@@H](O[C@H]7[C@@H](O)[C@H](O)[C@@H](O[C@H]8[C@H](O)[C@@H](O)[C@@H](O[C@H]1[C@H](O)[C@H]2O)O[C@@H]8CNC(CO)CO)O[C@@H]7CNC(CO)CO)O[C@@H]6CNC(CO)CO)O[C@@H]5CNC(CO)CO)O[C@@H]4CNC(CO)CO)O[C@@H]3CNC(CO)CO. The smallest absolute Gasteiger partial charge is 0.187 e. The molecule has 21 saturated heterocycles. The molecule has 0 spiro atoms. The third-order valence-corrected chi connectivity index (χ3v) is 20.9. The molecule has 0 saturated carbocycles. The van der Waals surface area contributed by atoms with Crippen LogP contribution in [0.5, 0.6) is 0 Å². The first-order valence-electron chi connectivity index (χ1n) is 37.0. The van der Waals surface area contributed by atoms with Crippen LogP contribution < -0.4 is 37.2 Å². The molecule has 0 aromatic carbocycles. The summed E-state index contributed by atoms with van der Waals surface area (Å²) in [6.45, 7) is -14.3. The number of rotatable bonds is 35. The molecule has 35 N–H and O–H groups in total. The van der Waals surface area contributed by atoms with Crippen LogP contribution >= 0.6 is 0 Å². The maximum absolute atomic E-state index is 12.2. The van der Waals surface area contributed by atoms with Crippen LogP contribution in [0.25, 0.3) is 0 Å². The van der Waals surface area contributed by atoms with Crippen LogP contribution in [0.15, 0.2) is 0 Å². The molecule has 21 aliphatic heterocycles. The highest BCUT2D eigenvalue weighted by Gasteiger charge is 2.60. The van der Waals surface area contributed by atoms with Crippen LogP contribution in [0.3, 0.4) is 0 Å². The van der Waals surface area contributed by atoms with Crippen molar-refractivity contribution < 1.29 is 209 Å². The minimum absolute atomic E-state index is 0.591. The summed E-state index contributed by atoms with van der Waals surface area (Å²) >= 11 is 0. The fourth-order valence-corrected chi connectivity index (χ4v) is 13.8. The first-order chi connectivity index (χ1) is 53.7. The maximum atomic E-state index is 12.2. The van der Waals surface area contributed by atoms with E-state index in [1.807, 2.05) is 0 Å². The predicted molar refractivity (Wildman–Crippen MR) is 361 cm³/mol. The van der Waals surface area contributed by atoms with Gasteiger partial charge in [-0.3, -0.25) is 0 Å². The van der Waals surface area contributed by atoms with Crippen LogP contribution in [-0.4, -0.2) is 539 Å². The molecular formula is C63H119N7O42. The lowest BCUT2D eigenvalue weighted by atomic mass is 9.94. The molecule has 35 atom stereocenters. The second-order valence-corrected chi connectivity index (χ2v) is 28.7. The van der Waals surface area contributed by atoms with Gasteiger partial charge in [0.25, 0.3) is 0 Å². The van der Waals surface area contributed by atoms with Crippen molar-refractivity contribution in [3.63, 3.8) is 0 Å². The van der Waals surface area contributed by atoms with Crippen molar-refractivity contribution in [1.29, 1.82) is 0 Å². The highest BCUT2D eigenvalue weighted by Crippen LogP contribution is 2.39. The van der Waals surface area contributed by atoms with Crippen molar-refractivity contribution in [2.24, 2.45) is 0 Å². The molecule has 21 aliphatic rings. The lowest BCUT2D eigenvalue weighted by Crippen LogP contribution is -2.69. The molecule has 0 radical (unpaired) electrons. The van der Waals surface area contributed by atoms with Crippen molar-refractivity contribution in [3.05, 3.63) is 0 Å². The summed E-state index contributed by atoms with van der Waals surface area (Å²) in [6, 6.07) is -8.02. The van der Waals surface area contributed by atoms with Gasteiger partial charge >= 0.3 is 0 Å². The van der Waals surface area contributed by atoms with E-state index in [4.69, 9.17) is 66.3 Å². The van der Waals surface area contributed by atoms with E-state index >= 15 is 0 Å². The van der Waals surface area contributed by atoms with Crippen molar-refractivity contribution in [2.45, 2.75) is 257 Å². The van der Waals surface area contributed by atoms with Gasteiger partial charge in [-0.2, -0.15) is 0 Å². The van der Waals surface area contributed by atoms with Crippen LogP contribution in [0.4, 0.5) is 0 Å². The number of aliphatic hydroxyl groups excluding tert-OH is 28. The Balaban J connectivity index is 1.24. The molecule has 21 fully saturated rings. The van der Waals surface area contributed by atoms with Crippen molar-refractivity contribution in [1.82, 2.24) is 37.2 Å². The average molecular weight is 1650 g/mol. The Bertz CT molecular complexity index is 2120. The summed E-state index contributed by atoms with van der Waals surface area (Å²) in [4.78, 5) is 0. The van der Waals surface area contributed by atoms with E-state index in [2.05, 4.69) is 37.2 Å². The molecule has 0 unspecified atom stereocenters. The minimum Gasteiger partial charge on any atom is -0.395 e. The summed E-state index contributed by atoms with van der Waals surface area (Å²) < 4.78 is 86.9. The van der Waals surface area contributed by atoms with E-state index in [1.54, 1.807) is 0 Å². The second kappa shape index (κ2) is 46.2. The molecule has 21 rings (SSSR count). The van der Waals surface area contributed by atoms with Crippen LogP contribution in [0, 0.1) is 0 Å². The van der Waals surface area contributed by atoms with Gasteiger partial charge in [-0.25, -0.2) is 0 Å². The molecule has 0 aromatic rings.